The molecule has 1 unspecified atom stereocenters. The van der Waals surface area contributed by atoms with E-state index >= 15 is 0 Å². The highest BCUT2D eigenvalue weighted by molar-refractivity contribution is 5.76. The Morgan fingerprint density at radius 1 is 1.25 bits per heavy atom. The number of nitrogens with zero attached hydrogens (tertiary/aromatic N) is 4. The fourth-order valence-corrected chi connectivity index (χ4v) is 3.31. The maximum atomic E-state index is 11.9. The van der Waals surface area contributed by atoms with Gasteiger partial charge in [0.15, 0.2) is 0 Å². The van der Waals surface area contributed by atoms with Gasteiger partial charge in [-0.1, -0.05) is 24.3 Å². The third-order valence-corrected chi connectivity index (χ3v) is 4.77. The van der Waals surface area contributed by atoms with Gasteiger partial charge in [-0.3, -0.25) is 14.6 Å². The number of carboxylic acid groups (broad SMARTS) is 1. The highest BCUT2D eigenvalue weighted by Crippen LogP contribution is 2.25. The summed E-state index contributed by atoms with van der Waals surface area (Å²) in [5.41, 5.74) is 1.92. The molecule has 1 saturated heterocycles. The van der Waals surface area contributed by atoms with Crippen LogP contribution < -0.4 is 0 Å². The molecule has 0 bridgehead atoms. The highest BCUT2D eigenvalue weighted by Gasteiger charge is 2.31. The van der Waals surface area contributed by atoms with Crippen molar-refractivity contribution >= 4 is 5.97 Å². The van der Waals surface area contributed by atoms with Gasteiger partial charge in [-0.2, -0.15) is 0 Å². The van der Waals surface area contributed by atoms with Gasteiger partial charge in [0.1, 0.15) is 11.9 Å². The van der Waals surface area contributed by atoms with Crippen molar-refractivity contribution < 1.29 is 9.90 Å². The van der Waals surface area contributed by atoms with E-state index in [9.17, 15) is 9.90 Å². The zero-order valence-electron chi connectivity index (χ0n) is 14.2. The van der Waals surface area contributed by atoms with Crippen LogP contribution in [0.15, 0.2) is 36.7 Å². The molecule has 24 heavy (non-hydrogen) atoms. The van der Waals surface area contributed by atoms with E-state index in [1.54, 1.807) is 0 Å². The number of hydrogen-bond donors (Lipinski definition) is 1. The monoisotopic (exact) mass is 328 g/mol. The number of carboxylic acids is 1. The second-order valence-electron chi connectivity index (χ2n) is 6.36. The van der Waals surface area contributed by atoms with Gasteiger partial charge in [0, 0.05) is 45.6 Å². The minimum atomic E-state index is -0.776. The van der Waals surface area contributed by atoms with Crippen LogP contribution in [0.3, 0.4) is 0 Å². The predicted octanol–water partition coefficient (Wildman–Crippen LogP) is 1.67. The van der Waals surface area contributed by atoms with Gasteiger partial charge in [0.2, 0.25) is 0 Å². The molecular weight excluding hydrogens is 304 g/mol. The number of rotatable bonds is 5. The first-order chi connectivity index (χ1) is 11.6. The molecule has 2 aromatic rings. The molecule has 1 aliphatic rings. The number of aromatic nitrogens is 2. The van der Waals surface area contributed by atoms with Crippen LogP contribution in [0, 0.1) is 6.92 Å². The van der Waals surface area contributed by atoms with Gasteiger partial charge in [0.25, 0.3) is 0 Å². The molecule has 1 atom stereocenters. The van der Waals surface area contributed by atoms with Gasteiger partial charge >= 0.3 is 5.97 Å². The summed E-state index contributed by atoms with van der Waals surface area (Å²) in [4.78, 5) is 20.6. The standard InChI is InChI=1S/C18H24N4O2/c1-14-5-3-4-6-15(14)17(18(23)24)22-11-9-21(10-12-22)13-16-19-7-8-20(16)2/h3-8,17H,9-13H2,1-2H3,(H,23,24). The van der Waals surface area contributed by atoms with Gasteiger partial charge in [-0.15, -0.1) is 0 Å². The van der Waals surface area contributed by atoms with E-state index in [-0.39, 0.29) is 0 Å². The van der Waals surface area contributed by atoms with E-state index < -0.39 is 12.0 Å². The molecular formula is C18H24N4O2. The smallest absolute Gasteiger partial charge is 0.325 e. The summed E-state index contributed by atoms with van der Waals surface area (Å²) in [6.45, 7) is 5.97. The number of hydrogen-bond acceptors (Lipinski definition) is 4. The predicted molar refractivity (Wildman–Crippen MR) is 91.6 cm³/mol. The van der Waals surface area contributed by atoms with Crippen LogP contribution in [-0.2, 0) is 18.4 Å². The minimum Gasteiger partial charge on any atom is -0.480 e. The lowest BCUT2D eigenvalue weighted by atomic mass is 9.99. The molecule has 1 aromatic carbocycles. The van der Waals surface area contributed by atoms with E-state index in [1.807, 2.05) is 55.2 Å². The molecule has 0 aliphatic carbocycles. The Morgan fingerprint density at radius 2 is 1.96 bits per heavy atom. The lowest BCUT2D eigenvalue weighted by molar-refractivity contribution is -0.144. The SMILES string of the molecule is Cc1ccccc1C(C(=O)O)N1CCN(Cc2nccn2C)CC1. The summed E-state index contributed by atoms with van der Waals surface area (Å²) in [6, 6.07) is 7.19. The van der Waals surface area contributed by atoms with Crippen LogP contribution in [0.1, 0.15) is 23.0 Å². The lowest BCUT2D eigenvalue weighted by Crippen LogP contribution is -2.49. The highest BCUT2D eigenvalue weighted by atomic mass is 16.4. The normalized spacial score (nSPS) is 17.8. The van der Waals surface area contributed by atoms with Crippen molar-refractivity contribution in [3.63, 3.8) is 0 Å². The molecule has 6 heteroatoms. The van der Waals surface area contributed by atoms with E-state index in [4.69, 9.17) is 0 Å². The molecule has 1 aliphatic heterocycles. The van der Waals surface area contributed by atoms with Crippen molar-refractivity contribution in [2.75, 3.05) is 26.2 Å². The Kier molecular flexibility index (Phi) is 4.97. The topological polar surface area (TPSA) is 61.6 Å². The van der Waals surface area contributed by atoms with Gasteiger partial charge in [-0.05, 0) is 18.1 Å². The van der Waals surface area contributed by atoms with Crippen molar-refractivity contribution in [1.29, 1.82) is 0 Å². The van der Waals surface area contributed by atoms with Crippen molar-refractivity contribution in [1.82, 2.24) is 19.4 Å². The van der Waals surface area contributed by atoms with Crippen LogP contribution >= 0.6 is 0 Å². The second kappa shape index (κ2) is 7.15. The summed E-state index contributed by atoms with van der Waals surface area (Å²) in [6.07, 6.45) is 3.76. The molecule has 128 valence electrons. The third-order valence-electron chi connectivity index (χ3n) is 4.77. The Balaban J connectivity index is 1.67. The summed E-state index contributed by atoms with van der Waals surface area (Å²) < 4.78 is 2.03. The number of aliphatic carboxylic acids is 1. The van der Waals surface area contributed by atoms with Crippen molar-refractivity contribution in [2.45, 2.75) is 19.5 Å². The van der Waals surface area contributed by atoms with Crippen molar-refractivity contribution in [2.24, 2.45) is 7.05 Å². The average Bonchev–Trinajstić information content (AvgIpc) is 2.96. The fraction of sp³-hybridized carbons (Fsp3) is 0.444. The fourth-order valence-electron chi connectivity index (χ4n) is 3.31. The van der Waals surface area contributed by atoms with Crippen molar-refractivity contribution in [3.8, 4) is 0 Å². The second-order valence-corrected chi connectivity index (χ2v) is 6.36. The maximum Gasteiger partial charge on any atom is 0.325 e. The molecule has 2 heterocycles. The van der Waals surface area contributed by atoms with Gasteiger partial charge in [-0.25, -0.2) is 4.98 Å². The van der Waals surface area contributed by atoms with Gasteiger partial charge < -0.3 is 9.67 Å². The molecule has 1 fully saturated rings. The molecule has 0 radical (unpaired) electrons. The number of aryl methyl sites for hydroxylation is 2. The minimum absolute atomic E-state index is 0.568. The average molecular weight is 328 g/mol. The Labute approximate surface area is 142 Å². The molecule has 3 rings (SSSR count). The van der Waals surface area contributed by atoms with Crippen LogP contribution in [0.4, 0.5) is 0 Å². The number of carbonyl (C=O) groups is 1. The van der Waals surface area contributed by atoms with E-state index in [1.165, 1.54) is 0 Å². The Bertz CT molecular complexity index is 705. The van der Waals surface area contributed by atoms with Crippen LogP contribution in [0.2, 0.25) is 0 Å². The van der Waals surface area contributed by atoms with E-state index in [2.05, 4.69) is 14.8 Å². The molecule has 0 saturated carbocycles. The quantitative estimate of drug-likeness (QED) is 0.905. The van der Waals surface area contributed by atoms with Crippen LogP contribution in [0.5, 0.6) is 0 Å². The van der Waals surface area contributed by atoms with E-state index in [0.717, 1.165) is 49.7 Å². The Hall–Kier alpha value is -2.18. The summed E-state index contributed by atoms with van der Waals surface area (Å²) in [5.74, 6) is 0.263. The third kappa shape index (κ3) is 3.49. The van der Waals surface area contributed by atoms with E-state index in [0.29, 0.717) is 0 Å². The molecule has 6 nitrogen and oxygen atoms in total. The van der Waals surface area contributed by atoms with Crippen LogP contribution in [0.25, 0.3) is 0 Å². The first-order valence-corrected chi connectivity index (χ1v) is 8.27. The van der Waals surface area contributed by atoms with Crippen LogP contribution in [-0.4, -0.2) is 56.6 Å². The zero-order chi connectivity index (χ0) is 17.1. The summed E-state index contributed by atoms with van der Waals surface area (Å²) in [5, 5.41) is 9.74. The molecule has 1 aromatic heterocycles. The Morgan fingerprint density at radius 3 is 2.54 bits per heavy atom. The molecule has 1 N–H and O–H groups in total. The lowest BCUT2D eigenvalue weighted by Gasteiger charge is -2.38. The first-order valence-electron chi connectivity index (χ1n) is 8.27. The first kappa shape index (κ1) is 16.7. The zero-order valence-corrected chi connectivity index (χ0v) is 14.2. The summed E-state index contributed by atoms with van der Waals surface area (Å²) >= 11 is 0. The number of piperazine rings is 1. The largest absolute Gasteiger partial charge is 0.480 e. The van der Waals surface area contributed by atoms with Crippen molar-refractivity contribution in [3.05, 3.63) is 53.6 Å². The van der Waals surface area contributed by atoms with Gasteiger partial charge in [0.05, 0.1) is 6.54 Å². The number of imidazole rings is 1. The molecule has 0 spiro atoms. The molecule has 0 amide bonds. The maximum absolute atomic E-state index is 11.9. The summed E-state index contributed by atoms with van der Waals surface area (Å²) in [7, 11) is 2.00. The number of benzene rings is 1.